The highest BCUT2D eigenvalue weighted by Gasteiger charge is 2.36. The van der Waals surface area contributed by atoms with Gasteiger partial charge in [0.1, 0.15) is 0 Å². The van der Waals surface area contributed by atoms with Crippen LogP contribution in [0.15, 0.2) is 54.9 Å². The standard InChI is InChI=1S/C14H10Br3NO2/c15-14(16,17)12(11-7-4-8-18-9-11)20-13(19)10-5-2-1-3-6-10/h1-9,12H. The van der Waals surface area contributed by atoms with Gasteiger partial charge in [0.05, 0.1) is 5.56 Å². The minimum atomic E-state index is -0.763. The molecule has 20 heavy (non-hydrogen) atoms. The molecule has 1 aromatic carbocycles. The molecular formula is C14H10Br3NO2. The largest absolute Gasteiger partial charge is 0.450 e. The molecule has 1 unspecified atom stereocenters. The van der Waals surface area contributed by atoms with Crippen molar-refractivity contribution in [1.82, 2.24) is 4.98 Å². The minimum absolute atomic E-state index is 0.401. The molecule has 0 saturated carbocycles. The minimum Gasteiger partial charge on any atom is -0.450 e. The monoisotopic (exact) mass is 461 g/mol. The van der Waals surface area contributed by atoms with E-state index in [0.29, 0.717) is 5.56 Å². The first-order chi connectivity index (χ1) is 9.48. The Bertz CT molecular complexity index is 570. The van der Waals surface area contributed by atoms with Crippen LogP contribution in [0.4, 0.5) is 0 Å². The quantitative estimate of drug-likeness (QED) is 0.484. The van der Waals surface area contributed by atoms with Gasteiger partial charge in [-0.25, -0.2) is 4.79 Å². The van der Waals surface area contributed by atoms with Gasteiger partial charge in [-0.05, 0) is 18.2 Å². The molecule has 2 rings (SSSR count). The van der Waals surface area contributed by atoms with Crippen molar-refractivity contribution in [2.45, 2.75) is 8.25 Å². The molecule has 1 heterocycles. The summed E-state index contributed by atoms with van der Waals surface area (Å²) in [6.07, 6.45) is 2.74. The first-order valence-corrected chi connectivity index (χ1v) is 8.09. The molecule has 0 aliphatic rings. The van der Waals surface area contributed by atoms with Gasteiger partial charge in [0.25, 0.3) is 0 Å². The van der Waals surface area contributed by atoms with Crippen molar-refractivity contribution in [1.29, 1.82) is 0 Å². The number of carbonyl (C=O) groups excluding carboxylic acids is 1. The van der Waals surface area contributed by atoms with Gasteiger partial charge in [0, 0.05) is 18.0 Å². The maximum atomic E-state index is 12.2. The lowest BCUT2D eigenvalue weighted by atomic mass is 10.2. The number of aromatic nitrogens is 1. The number of carbonyl (C=O) groups is 1. The molecule has 0 spiro atoms. The van der Waals surface area contributed by atoms with E-state index >= 15 is 0 Å². The fourth-order valence-corrected chi connectivity index (χ4v) is 2.68. The van der Waals surface area contributed by atoms with Crippen LogP contribution < -0.4 is 0 Å². The first kappa shape index (κ1) is 15.7. The number of alkyl halides is 3. The van der Waals surface area contributed by atoms with Gasteiger partial charge in [0.15, 0.2) is 8.25 Å². The summed E-state index contributed by atoms with van der Waals surface area (Å²) in [7, 11) is 0. The van der Waals surface area contributed by atoms with E-state index in [4.69, 9.17) is 4.74 Å². The van der Waals surface area contributed by atoms with E-state index in [1.54, 1.807) is 42.7 Å². The van der Waals surface area contributed by atoms with E-state index in [9.17, 15) is 4.79 Å². The molecule has 0 radical (unpaired) electrons. The SMILES string of the molecule is O=C(OC(c1cccnc1)C(Br)(Br)Br)c1ccccc1. The van der Waals surface area contributed by atoms with Crippen molar-refractivity contribution in [2.24, 2.45) is 0 Å². The van der Waals surface area contributed by atoms with Crippen LogP contribution in [0, 0.1) is 0 Å². The van der Waals surface area contributed by atoms with E-state index in [1.165, 1.54) is 0 Å². The van der Waals surface area contributed by atoms with Gasteiger partial charge >= 0.3 is 5.97 Å². The van der Waals surface area contributed by atoms with E-state index in [0.717, 1.165) is 5.56 Å². The second kappa shape index (κ2) is 6.83. The summed E-state index contributed by atoms with van der Waals surface area (Å²) < 4.78 is 4.80. The zero-order chi connectivity index (χ0) is 14.6. The summed E-state index contributed by atoms with van der Waals surface area (Å²) in [5, 5.41) is 0. The molecule has 6 heteroatoms. The fraction of sp³-hybridized carbons (Fsp3) is 0.143. The summed E-state index contributed by atoms with van der Waals surface area (Å²) >= 11 is 10.2. The van der Waals surface area contributed by atoms with Crippen molar-refractivity contribution >= 4 is 53.8 Å². The van der Waals surface area contributed by atoms with Crippen molar-refractivity contribution in [2.75, 3.05) is 0 Å². The Labute approximate surface area is 142 Å². The van der Waals surface area contributed by atoms with Crippen molar-refractivity contribution in [3.63, 3.8) is 0 Å². The average Bonchev–Trinajstić information content (AvgIpc) is 2.45. The maximum Gasteiger partial charge on any atom is 0.338 e. The zero-order valence-electron chi connectivity index (χ0n) is 10.2. The highest BCUT2D eigenvalue weighted by Crippen LogP contribution is 2.47. The lowest BCUT2D eigenvalue weighted by molar-refractivity contribution is 0.0325. The molecule has 1 aromatic heterocycles. The second-order valence-electron chi connectivity index (χ2n) is 3.98. The number of hydrogen-bond acceptors (Lipinski definition) is 3. The van der Waals surface area contributed by atoms with Gasteiger partial charge in [-0.1, -0.05) is 72.1 Å². The molecule has 0 fully saturated rings. The van der Waals surface area contributed by atoms with E-state index in [-0.39, 0.29) is 0 Å². The number of pyridine rings is 1. The maximum absolute atomic E-state index is 12.2. The van der Waals surface area contributed by atoms with Crippen molar-refractivity contribution < 1.29 is 9.53 Å². The first-order valence-electron chi connectivity index (χ1n) is 5.71. The van der Waals surface area contributed by atoms with Crippen LogP contribution in [-0.2, 0) is 4.74 Å². The lowest BCUT2D eigenvalue weighted by Gasteiger charge is -2.25. The van der Waals surface area contributed by atoms with E-state index in [1.807, 2.05) is 12.1 Å². The summed E-state index contributed by atoms with van der Waals surface area (Å²) in [6, 6.07) is 12.5. The van der Waals surface area contributed by atoms with Crippen LogP contribution in [0.1, 0.15) is 22.0 Å². The summed E-state index contributed by atoms with van der Waals surface area (Å²) in [6.45, 7) is 0. The molecule has 0 aliphatic carbocycles. The predicted octanol–water partition coefficient (Wildman–Crippen LogP) is 4.82. The van der Waals surface area contributed by atoms with Crippen molar-refractivity contribution in [3.8, 4) is 0 Å². The van der Waals surface area contributed by atoms with Crippen LogP contribution in [0.2, 0.25) is 0 Å². The molecule has 2 aromatic rings. The third-order valence-electron chi connectivity index (χ3n) is 2.52. The average molecular weight is 464 g/mol. The molecule has 1 atom stereocenters. The number of esters is 1. The van der Waals surface area contributed by atoms with Crippen LogP contribution in [0.25, 0.3) is 0 Å². The number of ether oxygens (including phenoxy) is 1. The summed E-state index contributed by atoms with van der Waals surface area (Å²) in [5.74, 6) is -0.401. The number of benzene rings is 1. The molecule has 104 valence electrons. The van der Waals surface area contributed by atoms with Gasteiger partial charge in [-0.15, -0.1) is 0 Å². The highest BCUT2D eigenvalue weighted by molar-refractivity contribution is 9.39. The Balaban J connectivity index is 2.24. The topological polar surface area (TPSA) is 39.2 Å². The smallest absolute Gasteiger partial charge is 0.338 e. The third kappa shape index (κ3) is 4.14. The Morgan fingerprint density at radius 3 is 2.35 bits per heavy atom. The van der Waals surface area contributed by atoms with Crippen LogP contribution >= 0.6 is 47.8 Å². The molecule has 0 aliphatic heterocycles. The molecule has 0 bridgehead atoms. The van der Waals surface area contributed by atoms with Gasteiger partial charge in [0.2, 0.25) is 0 Å². The van der Waals surface area contributed by atoms with Gasteiger partial charge in [-0.3, -0.25) is 4.98 Å². The lowest BCUT2D eigenvalue weighted by Crippen LogP contribution is -2.22. The van der Waals surface area contributed by atoms with Gasteiger partial charge in [-0.2, -0.15) is 0 Å². The third-order valence-corrected chi connectivity index (χ3v) is 3.77. The Kier molecular flexibility index (Phi) is 5.35. The second-order valence-corrected chi connectivity index (χ2v) is 10.9. The summed E-state index contributed by atoms with van der Waals surface area (Å²) in [4.78, 5) is 16.2. The van der Waals surface area contributed by atoms with Crippen LogP contribution in [-0.4, -0.2) is 13.1 Å². The number of halogens is 3. The van der Waals surface area contributed by atoms with Gasteiger partial charge < -0.3 is 4.74 Å². The molecule has 0 saturated heterocycles. The molecular weight excluding hydrogens is 454 g/mol. The van der Waals surface area contributed by atoms with E-state index < -0.39 is 14.2 Å². The molecule has 3 nitrogen and oxygen atoms in total. The Morgan fingerprint density at radius 1 is 1.10 bits per heavy atom. The fourth-order valence-electron chi connectivity index (χ4n) is 1.60. The zero-order valence-corrected chi connectivity index (χ0v) is 14.9. The Hall–Kier alpha value is -0.720. The summed E-state index contributed by atoms with van der Waals surface area (Å²) in [5.41, 5.74) is 1.26. The molecule has 0 amide bonds. The number of hydrogen-bond donors (Lipinski definition) is 0. The number of nitrogens with zero attached hydrogens (tertiary/aromatic N) is 1. The normalized spacial score (nSPS) is 12.8. The van der Waals surface area contributed by atoms with Crippen LogP contribution in [0.3, 0.4) is 0 Å². The molecule has 0 N–H and O–H groups in total. The van der Waals surface area contributed by atoms with E-state index in [2.05, 4.69) is 52.8 Å². The Morgan fingerprint density at radius 2 is 1.80 bits per heavy atom. The highest BCUT2D eigenvalue weighted by atomic mass is 80.0. The van der Waals surface area contributed by atoms with Crippen molar-refractivity contribution in [3.05, 3.63) is 66.0 Å². The predicted molar refractivity (Wildman–Crippen MR) is 88.3 cm³/mol. The van der Waals surface area contributed by atoms with Crippen LogP contribution in [0.5, 0.6) is 0 Å². The number of rotatable bonds is 3.